The van der Waals surface area contributed by atoms with Gasteiger partial charge in [0.15, 0.2) is 4.80 Å². The minimum absolute atomic E-state index is 0.100. The van der Waals surface area contributed by atoms with Gasteiger partial charge in [-0.05, 0) is 56.5 Å². The van der Waals surface area contributed by atoms with Crippen molar-refractivity contribution in [2.45, 2.75) is 33.4 Å². The Labute approximate surface area is 167 Å². The third kappa shape index (κ3) is 3.45. The Morgan fingerprint density at radius 2 is 1.82 bits per heavy atom. The number of thiazole rings is 1. The molecule has 0 fully saturated rings. The van der Waals surface area contributed by atoms with E-state index in [9.17, 15) is 4.79 Å². The highest BCUT2D eigenvalue weighted by Crippen LogP contribution is 2.27. The van der Waals surface area contributed by atoms with E-state index in [2.05, 4.69) is 40.7 Å². The number of ether oxygens (including phenoxy) is 1. The first-order valence-corrected chi connectivity index (χ1v) is 10.3. The first-order chi connectivity index (χ1) is 13.6. The summed E-state index contributed by atoms with van der Waals surface area (Å²) in [4.78, 5) is 17.9. The number of aryl methyl sites for hydroxylation is 1. The molecule has 1 heterocycles. The third-order valence-corrected chi connectivity index (χ3v) is 5.69. The van der Waals surface area contributed by atoms with Gasteiger partial charge in [0, 0.05) is 17.5 Å². The highest BCUT2D eigenvalue weighted by Gasteiger charge is 2.11. The van der Waals surface area contributed by atoms with Gasteiger partial charge >= 0.3 is 0 Å². The fourth-order valence-corrected chi connectivity index (χ4v) is 4.52. The van der Waals surface area contributed by atoms with Gasteiger partial charge in [0.1, 0.15) is 5.75 Å². The van der Waals surface area contributed by atoms with Crippen molar-refractivity contribution < 1.29 is 9.53 Å². The van der Waals surface area contributed by atoms with E-state index in [0.29, 0.717) is 5.56 Å². The van der Waals surface area contributed by atoms with Gasteiger partial charge in [0.05, 0.1) is 16.3 Å². The van der Waals surface area contributed by atoms with Crippen LogP contribution in [0.5, 0.6) is 5.75 Å². The summed E-state index contributed by atoms with van der Waals surface area (Å²) in [5.41, 5.74) is 1.67. The van der Waals surface area contributed by atoms with Crippen molar-refractivity contribution in [1.29, 1.82) is 0 Å². The second-order valence-electron chi connectivity index (χ2n) is 6.87. The Morgan fingerprint density at radius 3 is 2.54 bits per heavy atom. The summed E-state index contributed by atoms with van der Waals surface area (Å²) in [7, 11) is 0. The maximum atomic E-state index is 12.7. The van der Waals surface area contributed by atoms with Crippen LogP contribution in [0.25, 0.3) is 21.0 Å². The van der Waals surface area contributed by atoms with E-state index in [1.54, 1.807) is 23.5 Å². The Hall–Kier alpha value is -2.92. The van der Waals surface area contributed by atoms with Gasteiger partial charge in [-0.25, -0.2) is 0 Å². The summed E-state index contributed by atoms with van der Waals surface area (Å²) >= 11 is 1.56. The lowest BCUT2D eigenvalue weighted by Crippen LogP contribution is -2.15. The second kappa shape index (κ2) is 7.60. The maximum absolute atomic E-state index is 12.7. The van der Waals surface area contributed by atoms with Crippen LogP contribution in [0.2, 0.25) is 0 Å². The van der Waals surface area contributed by atoms with Gasteiger partial charge in [-0.2, -0.15) is 4.99 Å². The van der Waals surface area contributed by atoms with Gasteiger partial charge in [0.25, 0.3) is 5.91 Å². The number of aromatic nitrogens is 1. The number of carbonyl (C=O) groups is 1. The SMILES string of the molecule is CCn1c(=NC(=O)c2ccc(OC(C)C)cc2)sc2c3ccccc3ccc21. The topological polar surface area (TPSA) is 43.6 Å². The number of nitrogens with zero attached hydrogens (tertiary/aromatic N) is 2. The van der Waals surface area contributed by atoms with Crippen molar-refractivity contribution in [2.24, 2.45) is 4.99 Å². The minimum atomic E-state index is -0.242. The maximum Gasteiger partial charge on any atom is 0.279 e. The molecule has 0 aliphatic rings. The molecule has 0 radical (unpaired) electrons. The molecule has 0 aliphatic heterocycles. The van der Waals surface area contributed by atoms with E-state index >= 15 is 0 Å². The monoisotopic (exact) mass is 390 g/mol. The van der Waals surface area contributed by atoms with Crippen molar-refractivity contribution in [3.63, 3.8) is 0 Å². The van der Waals surface area contributed by atoms with Crippen LogP contribution < -0.4 is 9.54 Å². The summed E-state index contributed by atoms with van der Waals surface area (Å²) in [6.45, 7) is 6.78. The molecule has 0 unspecified atom stereocenters. The van der Waals surface area contributed by atoms with Crippen LogP contribution in [0.4, 0.5) is 0 Å². The van der Waals surface area contributed by atoms with Gasteiger partial charge in [-0.1, -0.05) is 41.7 Å². The normalized spacial score (nSPS) is 12.2. The van der Waals surface area contributed by atoms with Gasteiger partial charge in [0.2, 0.25) is 0 Å². The van der Waals surface area contributed by atoms with E-state index in [0.717, 1.165) is 27.3 Å². The molecular formula is C23H22N2O2S. The summed E-state index contributed by atoms with van der Waals surface area (Å²) in [6, 6.07) is 19.7. The smallest absolute Gasteiger partial charge is 0.279 e. The molecule has 5 heteroatoms. The first kappa shape index (κ1) is 18.4. The number of hydrogen-bond donors (Lipinski definition) is 0. The Bertz CT molecular complexity index is 1220. The van der Waals surface area contributed by atoms with Crippen LogP contribution in [0.3, 0.4) is 0 Å². The molecule has 0 atom stereocenters. The zero-order valence-electron chi connectivity index (χ0n) is 16.2. The number of rotatable bonds is 4. The standard InChI is InChI=1S/C23H22N2O2S/c1-4-25-20-14-11-16-7-5-6-8-19(16)21(20)28-23(25)24-22(26)17-9-12-18(13-10-17)27-15(2)3/h5-15H,4H2,1-3H3. The van der Waals surface area contributed by atoms with Gasteiger partial charge in [-0.3, -0.25) is 4.79 Å². The summed E-state index contributed by atoms with van der Waals surface area (Å²) in [5.74, 6) is 0.512. The van der Waals surface area contributed by atoms with Crippen LogP contribution in [0, 0.1) is 0 Å². The Morgan fingerprint density at radius 1 is 1.07 bits per heavy atom. The number of carbonyl (C=O) groups excluding carboxylic acids is 1. The Kier molecular flexibility index (Phi) is 5.01. The number of benzene rings is 3. The molecule has 0 spiro atoms. The zero-order valence-corrected chi connectivity index (χ0v) is 17.0. The molecule has 142 valence electrons. The molecule has 28 heavy (non-hydrogen) atoms. The van der Waals surface area contributed by atoms with Crippen LogP contribution >= 0.6 is 11.3 Å². The van der Waals surface area contributed by atoms with Crippen molar-refractivity contribution in [3.8, 4) is 5.75 Å². The lowest BCUT2D eigenvalue weighted by molar-refractivity contribution is 0.0998. The molecule has 0 bridgehead atoms. The third-order valence-electron chi connectivity index (χ3n) is 4.56. The van der Waals surface area contributed by atoms with Crippen LogP contribution in [0.1, 0.15) is 31.1 Å². The quantitative estimate of drug-likeness (QED) is 0.468. The molecule has 4 nitrogen and oxygen atoms in total. The van der Waals surface area contributed by atoms with E-state index in [1.807, 2.05) is 38.1 Å². The lowest BCUT2D eigenvalue weighted by Gasteiger charge is -2.09. The molecule has 3 aromatic carbocycles. The van der Waals surface area contributed by atoms with E-state index < -0.39 is 0 Å². The average molecular weight is 391 g/mol. The first-order valence-electron chi connectivity index (χ1n) is 9.43. The predicted octanol–water partition coefficient (Wildman–Crippen LogP) is 5.40. The summed E-state index contributed by atoms with van der Waals surface area (Å²) < 4.78 is 8.90. The second-order valence-corrected chi connectivity index (χ2v) is 7.85. The molecule has 1 amide bonds. The molecule has 0 aliphatic carbocycles. The fraction of sp³-hybridized carbons (Fsp3) is 0.217. The summed E-state index contributed by atoms with van der Waals surface area (Å²) in [5, 5.41) is 2.38. The number of hydrogen-bond acceptors (Lipinski definition) is 3. The molecule has 4 rings (SSSR count). The molecule has 4 aromatic rings. The Balaban J connectivity index is 1.78. The van der Waals surface area contributed by atoms with Gasteiger partial charge < -0.3 is 9.30 Å². The molecule has 0 saturated carbocycles. The van der Waals surface area contributed by atoms with Crippen molar-refractivity contribution >= 4 is 38.2 Å². The van der Waals surface area contributed by atoms with E-state index in [4.69, 9.17) is 4.74 Å². The molecule has 1 aromatic heterocycles. The van der Waals surface area contributed by atoms with E-state index in [1.165, 1.54) is 10.8 Å². The zero-order chi connectivity index (χ0) is 19.7. The van der Waals surface area contributed by atoms with Crippen LogP contribution in [0.15, 0.2) is 65.7 Å². The predicted molar refractivity (Wildman–Crippen MR) is 115 cm³/mol. The number of fused-ring (bicyclic) bond motifs is 3. The molecule has 0 saturated heterocycles. The highest BCUT2D eigenvalue weighted by molar-refractivity contribution is 7.17. The van der Waals surface area contributed by atoms with Crippen molar-refractivity contribution in [3.05, 3.63) is 71.0 Å². The summed E-state index contributed by atoms with van der Waals surface area (Å²) in [6.07, 6.45) is 0.100. The van der Waals surface area contributed by atoms with Gasteiger partial charge in [-0.15, -0.1) is 0 Å². The van der Waals surface area contributed by atoms with Crippen LogP contribution in [-0.4, -0.2) is 16.6 Å². The van der Waals surface area contributed by atoms with Crippen LogP contribution in [-0.2, 0) is 6.54 Å². The number of amides is 1. The van der Waals surface area contributed by atoms with E-state index in [-0.39, 0.29) is 12.0 Å². The fourth-order valence-electron chi connectivity index (χ4n) is 3.29. The lowest BCUT2D eigenvalue weighted by atomic mass is 10.1. The van der Waals surface area contributed by atoms with Crippen molar-refractivity contribution in [2.75, 3.05) is 0 Å². The molecular weight excluding hydrogens is 368 g/mol. The largest absolute Gasteiger partial charge is 0.491 e. The highest BCUT2D eigenvalue weighted by atomic mass is 32.1. The molecule has 0 N–H and O–H groups in total. The average Bonchev–Trinajstić information content (AvgIpc) is 3.05. The minimum Gasteiger partial charge on any atom is -0.491 e. The van der Waals surface area contributed by atoms with Crippen molar-refractivity contribution in [1.82, 2.24) is 4.57 Å².